The lowest BCUT2D eigenvalue weighted by molar-refractivity contribution is 0.00496. The Bertz CT molecular complexity index is 635. The summed E-state index contributed by atoms with van der Waals surface area (Å²) in [6.45, 7) is 2.71. The third-order valence-electron chi connectivity index (χ3n) is 4.39. The first-order valence-electron chi connectivity index (χ1n) is 7.54. The lowest BCUT2D eigenvalue weighted by Crippen LogP contribution is -2.40. The topological polar surface area (TPSA) is 84.1 Å². The van der Waals surface area contributed by atoms with E-state index in [0.29, 0.717) is 24.1 Å². The third kappa shape index (κ3) is 3.08. The number of para-hydroxylation sites is 2. The number of benzene rings is 1. The summed E-state index contributed by atoms with van der Waals surface area (Å²) in [6, 6.07) is 7.63. The largest absolute Gasteiger partial charge is 0.388 e. The summed E-state index contributed by atoms with van der Waals surface area (Å²) in [6.07, 6.45) is 3.78. The molecule has 1 fully saturated rings. The molecular weight excluding hydrogens is 264 g/mol. The molecule has 0 spiro atoms. The van der Waals surface area contributed by atoms with E-state index in [1.54, 1.807) is 0 Å². The summed E-state index contributed by atoms with van der Waals surface area (Å²) in [7, 11) is 0. The molecule has 0 aliphatic heterocycles. The first kappa shape index (κ1) is 14.1. The molecule has 0 amide bonds. The summed E-state index contributed by atoms with van der Waals surface area (Å²) in [5.41, 5.74) is 6.88. The molecule has 2 aromatic rings. The van der Waals surface area contributed by atoms with Gasteiger partial charge in [0.05, 0.1) is 16.6 Å². The lowest BCUT2D eigenvalue weighted by Gasteiger charge is -2.35. The molecule has 1 aliphatic carbocycles. The normalized spacial score (nSPS) is 25.9. The Labute approximate surface area is 124 Å². The Kier molecular flexibility index (Phi) is 3.68. The van der Waals surface area contributed by atoms with E-state index in [1.165, 1.54) is 0 Å². The second-order valence-electron chi connectivity index (χ2n) is 6.21. The van der Waals surface area contributed by atoms with Gasteiger partial charge in [0.1, 0.15) is 0 Å². The zero-order chi connectivity index (χ0) is 14.9. The molecular formula is C16H22N4O. The average Bonchev–Trinajstić information content (AvgIpc) is 2.49. The Balaban J connectivity index is 1.74. The fraction of sp³-hybridized carbons (Fsp3) is 0.500. The zero-order valence-corrected chi connectivity index (χ0v) is 12.3. The van der Waals surface area contributed by atoms with Gasteiger partial charge in [-0.3, -0.25) is 0 Å². The van der Waals surface area contributed by atoms with Crippen molar-refractivity contribution >= 4 is 22.7 Å². The van der Waals surface area contributed by atoms with Crippen molar-refractivity contribution in [2.24, 2.45) is 5.92 Å². The predicted octanol–water partition coefficient (Wildman–Crippen LogP) is 2.57. The second-order valence-corrected chi connectivity index (χ2v) is 6.21. The molecule has 5 nitrogen and oxygen atoms in total. The van der Waals surface area contributed by atoms with Gasteiger partial charge in [0, 0.05) is 6.54 Å². The van der Waals surface area contributed by atoms with Crippen LogP contribution in [0.2, 0.25) is 0 Å². The number of anilines is 2. The highest BCUT2D eigenvalue weighted by atomic mass is 16.3. The van der Waals surface area contributed by atoms with Crippen molar-refractivity contribution in [3.8, 4) is 0 Å². The Hall–Kier alpha value is -1.88. The minimum atomic E-state index is -0.660. The molecule has 1 heterocycles. The van der Waals surface area contributed by atoms with Gasteiger partial charge < -0.3 is 16.2 Å². The maximum absolute atomic E-state index is 10.6. The quantitative estimate of drug-likeness (QED) is 0.807. The molecule has 21 heavy (non-hydrogen) atoms. The van der Waals surface area contributed by atoms with Gasteiger partial charge >= 0.3 is 0 Å². The molecule has 5 heteroatoms. The molecule has 0 unspecified atom stereocenters. The molecule has 112 valence electrons. The minimum absolute atomic E-state index is 0.376. The molecule has 4 N–H and O–H groups in total. The van der Waals surface area contributed by atoms with E-state index >= 15 is 0 Å². The fourth-order valence-corrected chi connectivity index (χ4v) is 2.87. The average molecular weight is 286 g/mol. The lowest BCUT2D eigenvalue weighted by atomic mass is 9.79. The molecule has 0 saturated heterocycles. The zero-order valence-electron chi connectivity index (χ0n) is 12.3. The van der Waals surface area contributed by atoms with Gasteiger partial charge in [-0.15, -0.1) is 0 Å². The van der Waals surface area contributed by atoms with Gasteiger partial charge in [0.25, 0.3) is 0 Å². The number of aliphatic hydroxyl groups is 1. The fourth-order valence-electron chi connectivity index (χ4n) is 2.87. The predicted molar refractivity (Wildman–Crippen MR) is 85.0 cm³/mol. The van der Waals surface area contributed by atoms with Gasteiger partial charge in [-0.05, 0) is 43.7 Å². The molecule has 1 aromatic carbocycles. The van der Waals surface area contributed by atoms with E-state index in [9.17, 15) is 5.11 Å². The number of hydrogen-bond acceptors (Lipinski definition) is 5. The number of nitrogens with one attached hydrogen (secondary N) is 1. The van der Waals surface area contributed by atoms with Crippen molar-refractivity contribution in [2.45, 2.75) is 38.2 Å². The Morgan fingerprint density at radius 1 is 1.24 bits per heavy atom. The Morgan fingerprint density at radius 2 is 1.86 bits per heavy atom. The van der Waals surface area contributed by atoms with E-state index in [0.717, 1.165) is 36.7 Å². The first-order valence-corrected chi connectivity index (χ1v) is 7.54. The third-order valence-corrected chi connectivity index (χ3v) is 4.39. The van der Waals surface area contributed by atoms with Crippen LogP contribution >= 0.6 is 0 Å². The minimum Gasteiger partial charge on any atom is -0.388 e. The first-order chi connectivity index (χ1) is 10.1. The monoisotopic (exact) mass is 286 g/mol. The van der Waals surface area contributed by atoms with Crippen LogP contribution in [-0.2, 0) is 0 Å². The summed E-state index contributed by atoms with van der Waals surface area (Å²) in [5.74, 6) is 1.64. The molecule has 0 bridgehead atoms. The van der Waals surface area contributed by atoms with E-state index in [-0.39, 0.29) is 0 Å². The van der Waals surface area contributed by atoms with Gasteiger partial charge in [-0.1, -0.05) is 19.1 Å². The number of rotatable bonds is 3. The van der Waals surface area contributed by atoms with Crippen LogP contribution in [0.1, 0.15) is 32.6 Å². The molecule has 0 atom stereocenters. The number of nitrogens with zero attached hydrogens (tertiary/aromatic N) is 2. The highest BCUT2D eigenvalue weighted by Gasteiger charge is 2.31. The van der Waals surface area contributed by atoms with Crippen LogP contribution in [0.15, 0.2) is 24.3 Å². The number of hydrogen-bond donors (Lipinski definition) is 3. The molecule has 1 saturated carbocycles. The van der Waals surface area contributed by atoms with Crippen LogP contribution in [0, 0.1) is 5.92 Å². The second kappa shape index (κ2) is 5.48. The van der Waals surface area contributed by atoms with Crippen LogP contribution in [-0.4, -0.2) is 27.2 Å². The van der Waals surface area contributed by atoms with E-state index in [1.807, 2.05) is 24.3 Å². The van der Waals surface area contributed by atoms with E-state index in [2.05, 4.69) is 22.2 Å². The standard InChI is InChI=1S/C16H22N4O/c1-11-6-8-16(21,9-7-11)10-18-15-14(17)19-12-4-2-3-5-13(12)20-15/h2-5,11,21H,6-10H2,1H3,(H2,17,19)(H,18,20). The van der Waals surface area contributed by atoms with E-state index < -0.39 is 5.60 Å². The molecule has 0 radical (unpaired) electrons. The van der Waals surface area contributed by atoms with Crippen molar-refractivity contribution in [3.63, 3.8) is 0 Å². The summed E-state index contributed by atoms with van der Waals surface area (Å²) >= 11 is 0. The highest BCUT2D eigenvalue weighted by Crippen LogP contribution is 2.32. The molecule has 1 aliphatic rings. The Morgan fingerprint density at radius 3 is 2.52 bits per heavy atom. The van der Waals surface area contributed by atoms with Gasteiger partial charge in [-0.25, -0.2) is 9.97 Å². The van der Waals surface area contributed by atoms with E-state index in [4.69, 9.17) is 5.73 Å². The summed E-state index contributed by atoms with van der Waals surface area (Å²) in [5, 5.41) is 13.8. The molecule has 3 rings (SSSR count). The maximum atomic E-state index is 10.6. The van der Waals surface area contributed by atoms with Crippen molar-refractivity contribution in [2.75, 3.05) is 17.6 Å². The molecule has 1 aromatic heterocycles. The number of nitrogen functional groups attached to an aromatic ring is 1. The van der Waals surface area contributed by atoms with Crippen LogP contribution in [0.25, 0.3) is 11.0 Å². The van der Waals surface area contributed by atoms with Crippen molar-refractivity contribution in [1.82, 2.24) is 9.97 Å². The van der Waals surface area contributed by atoms with Crippen LogP contribution < -0.4 is 11.1 Å². The number of aromatic nitrogens is 2. The SMILES string of the molecule is CC1CCC(O)(CNc2nc3ccccc3nc2N)CC1. The summed E-state index contributed by atoms with van der Waals surface area (Å²) < 4.78 is 0. The number of nitrogens with two attached hydrogens (primary N) is 1. The van der Waals surface area contributed by atoms with Gasteiger partial charge in [0.2, 0.25) is 0 Å². The number of fused-ring (bicyclic) bond motifs is 1. The van der Waals surface area contributed by atoms with Crippen molar-refractivity contribution in [1.29, 1.82) is 0 Å². The highest BCUT2D eigenvalue weighted by molar-refractivity contribution is 5.79. The van der Waals surface area contributed by atoms with Crippen LogP contribution in [0.5, 0.6) is 0 Å². The van der Waals surface area contributed by atoms with Gasteiger partial charge in [-0.2, -0.15) is 0 Å². The van der Waals surface area contributed by atoms with Crippen molar-refractivity contribution in [3.05, 3.63) is 24.3 Å². The van der Waals surface area contributed by atoms with Gasteiger partial charge in [0.15, 0.2) is 11.6 Å². The summed E-state index contributed by atoms with van der Waals surface area (Å²) in [4.78, 5) is 8.84. The van der Waals surface area contributed by atoms with Crippen LogP contribution in [0.3, 0.4) is 0 Å². The van der Waals surface area contributed by atoms with Crippen LogP contribution in [0.4, 0.5) is 11.6 Å². The maximum Gasteiger partial charge on any atom is 0.169 e. The smallest absolute Gasteiger partial charge is 0.169 e. The van der Waals surface area contributed by atoms with Crippen molar-refractivity contribution < 1.29 is 5.11 Å².